The number of urea groups is 1. The molecule has 9 nitrogen and oxygen atoms in total. The van der Waals surface area contributed by atoms with Gasteiger partial charge in [-0.3, -0.25) is 9.59 Å². The van der Waals surface area contributed by atoms with Crippen LogP contribution in [0.15, 0.2) is 18.2 Å². The number of amides is 3. The zero-order valence-corrected chi connectivity index (χ0v) is 25.1. The molecule has 40 heavy (non-hydrogen) atoms. The summed E-state index contributed by atoms with van der Waals surface area (Å²) >= 11 is 12.1. The Morgan fingerprint density at radius 3 is 2.60 bits per heavy atom. The predicted octanol–water partition coefficient (Wildman–Crippen LogP) is 4.79. The first-order chi connectivity index (χ1) is 19.1. The maximum absolute atomic E-state index is 13.6. The second-order valence-corrected chi connectivity index (χ2v) is 12.3. The summed E-state index contributed by atoms with van der Waals surface area (Å²) in [7, 11) is 0. The topological polar surface area (TPSA) is 102 Å². The highest BCUT2D eigenvalue weighted by Crippen LogP contribution is 2.53. The average Bonchev–Trinajstić information content (AvgIpc) is 3.71. The van der Waals surface area contributed by atoms with Gasteiger partial charge >= 0.3 is 12.0 Å². The van der Waals surface area contributed by atoms with Gasteiger partial charge in [0.2, 0.25) is 5.91 Å². The fourth-order valence-electron chi connectivity index (χ4n) is 5.77. The lowest BCUT2D eigenvalue weighted by atomic mass is 9.90. The molecule has 1 aliphatic carbocycles. The van der Waals surface area contributed by atoms with E-state index < -0.39 is 12.1 Å². The van der Waals surface area contributed by atoms with Crippen LogP contribution in [0.3, 0.4) is 0 Å². The lowest BCUT2D eigenvalue weighted by molar-refractivity contribution is -0.152. The maximum atomic E-state index is 13.6. The molecular weight excluding hydrogens is 555 g/mol. The second-order valence-electron chi connectivity index (χ2n) is 11.5. The van der Waals surface area contributed by atoms with Gasteiger partial charge in [0.05, 0.1) is 22.2 Å². The van der Waals surface area contributed by atoms with Crippen LogP contribution in [0.1, 0.15) is 65.2 Å². The van der Waals surface area contributed by atoms with Crippen molar-refractivity contribution in [2.75, 3.05) is 44.6 Å². The average molecular weight is 598 g/mol. The van der Waals surface area contributed by atoms with Gasteiger partial charge in [-0.05, 0) is 69.2 Å². The monoisotopic (exact) mass is 596 g/mol. The van der Waals surface area contributed by atoms with Gasteiger partial charge in [0.15, 0.2) is 0 Å². The molecule has 1 aromatic carbocycles. The van der Waals surface area contributed by atoms with Crippen molar-refractivity contribution in [2.45, 2.75) is 83.4 Å². The van der Waals surface area contributed by atoms with E-state index in [1.165, 1.54) is 4.90 Å². The van der Waals surface area contributed by atoms with E-state index in [0.29, 0.717) is 54.8 Å². The highest BCUT2D eigenvalue weighted by molar-refractivity contribution is 6.42. The molecule has 2 aliphatic heterocycles. The third kappa shape index (κ3) is 7.60. The molecule has 3 amide bonds. The molecule has 2 saturated heterocycles. The van der Waals surface area contributed by atoms with Gasteiger partial charge in [-0.1, -0.05) is 43.0 Å². The van der Waals surface area contributed by atoms with Gasteiger partial charge in [0, 0.05) is 38.3 Å². The van der Waals surface area contributed by atoms with Crippen LogP contribution in [0.4, 0.5) is 10.5 Å². The van der Waals surface area contributed by atoms with Crippen molar-refractivity contribution < 1.29 is 24.2 Å². The van der Waals surface area contributed by atoms with Crippen molar-refractivity contribution in [1.82, 2.24) is 14.7 Å². The molecule has 1 aromatic rings. The zero-order chi connectivity index (χ0) is 28.9. The Kier molecular flexibility index (Phi) is 10.6. The number of hydrogen-bond donors (Lipinski definition) is 2. The quantitative estimate of drug-likeness (QED) is 0.281. The Morgan fingerprint density at radius 2 is 1.93 bits per heavy atom. The number of nitrogens with zero attached hydrogens (tertiary/aromatic N) is 3. The van der Waals surface area contributed by atoms with Gasteiger partial charge in [0.25, 0.3) is 0 Å². The number of benzene rings is 1. The maximum Gasteiger partial charge on any atom is 0.322 e. The van der Waals surface area contributed by atoms with Crippen LogP contribution in [0.25, 0.3) is 0 Å². The number of aliphatic hydroxyl groups excluding tert-OH is 1. The number of unbranched alkanes of at least 4 members (excludes halogenated alkanes) is 2. The molecule has 2 N–H and O–H groups in total. The summed E-state index contributed by atoms with van der Waals surface area (Å²) in [5.74, 6) is -0.430. The standard InChI is InChI=1S/C29H42Cl2N4O5/c1-3-4-5-6-26(37)40-19-22(9-13-33-14-12-29(10-11-29)25(36)18-33)35-16-15-34(20(2)27(35)38)28(39)32-21-7-8-23(30)24(31)17-21/h7-8,17,20,22,25,36H,3-6,9-16,18-19H2,1-2H3,(H,32,39). The molecule has 4 rings (SSSR count). The molecule has 11 heteroatoms. The first kappa shape index (κ1) is 30.9. The molecule has 0 radical (unpaired) electrons. The Hall–Kier alpha value is -2.07. The van der Waals surface area contributed by atoms with E-state index in [4.69, 9.17) is 27.9 Å². The zero-order valence-electron chi connectivity index (χ0n) is 23.5. The predicted molar refractivity (Wildman–Crippen MR) is 156 cm³/mol. The molecule has 3 aliphatic rings. The van der Waals surface area contributed by atoms with Crippen molar-refractivity contribution in [2.24, 2.45) is 5.41 Å². The number of carbonyl (C=O) groups excluding carboxylic acids is 3. The number of halogens is 2. The van der Waals surface area contributed by atoms with E-state index in [0.717, 1.165) is 45.1 Å². The number of aliphatic hydroxyl groups is 1. The third-order valence-corrected chi connectivity index (χ3v) is 9.46. The van der Waals surface area contributed by atoms with Crippen molar-refractivity contribution in [1.29, 1.82) is 0 Å². The second kappa shape index (κ2) is 13.7. The van der Waals surface area contributed by atoms with Gasteiger partial charge in [-0.2, -0.15) is 0 Å². The Bertz CT molecular complexity index is 1070. The molecule has 1 spiro atoms. The number of rotatable bonds is 11. The van der Waals surface area contributed by atoms with Gasteiger partial charge in [-0.15, -0.1) is 0 Å². The van der Waals surface area contributed by atoms with Crippen LogP contribution in [0.5, 0.6) is 0 Å². The van der Waals surface area contributed by atoms with Crippen LogP contribution >= 0.6 is 23.2 Å². The minimum absolute atomic E-state index is 0.124. The van der Waals surface area contributed by atoms with Crippen molar-refractivity contribution in [3.05, 3.63) is 28.2 Å². The Morgan fingerprint density at radius 1 is 1.15 bits per heavy atom. The van der Waals surface area contributed by atoms with E-state index >= 15 is 0 Å². The third-order valence-electron chi connectivity index (χ3n) is 8.72. The van der Waals surface area contributed by atoms with Gasteiger partial charge < -0.3 is 29.9 Å². The number of piperidine rings is 1. The number of carbonyl (C=O) groups is 3. The summed E-state index contributed by atoms with van der Waals surface area (Å²) < 4.78 is 5.65. The molecular formula is C29H42Cl2N4O5. The van der Waals surface area contributed by atoms with Crippen molar-refractivity contribution >= 4 is 46.8 Å². The van der Waals surface area contributed by atoms with E-state index in [-0.39, 0.29) is 36.0 Å². The summed E-state index contributed by atoms with van der Waals surface area (Å²) in [6, 6.07) is 3.44. The van der Waals surface area contributed by atoms with E-state index in [9.17, 15) is 19.5 Å². The molecule has 3 atom stereocenters. The highest BCUT2D eigenvalue weighted by Gasteiger charge is 2.51. The van der Waals surface area contributed by atoms with Crippen molar-refractivity contribution in [3.8, 4) is 0 Å². The molecule has 222 valence electrons. The molecule has 0 aromatic heterocycles. The van der Waals surface area contributed by atoms with Crippen LogP contribution in [0, 0.1) is 5.41 Å². The summed E-state index contributed by atoms with van der Waals surface area (Å²) in [6.45, 7) is 6.86. The SMILES string of the molecule is CCCCCC(=O)OCC(CCN1CCC2(CC2)C(O)C1)N1CCN(C(=O)Nc2ccc(Cl)c(Cl)c2)C(C)C1=O. The van der Waals surface area contributed by atoms with E-state index in [1.807, 2.05) is 0 Å². The number of β-amino-alcohol motifs (C(OH)–C–C–N with tert-alkyl or cyclic N) is 1. The summed E-state index contributed by atoms with van der Waals surface area (Å²) in [4.78, 5) is 44.5. The van der Waals surface area contributed by atoms with Gasteiger partial charge in [0.1, 0.15) is 12.6 Å². The minimum Gasteiger partial charge on any atom is -0.463 e. The Balaban J connectivity index is 1.37. The van der Waals surface area contributed by atoms with Crippen LogP contribution in [-0.2, 0) is 14.3 Å². The van der Waals surface area contributed by atoms with Crippen molar-refractivity contribution in [3.63, 3.8) is 0 Å². The smallest absolute Gasteiger partial charge is 0.322 e. The molecule has 2 heterocycles. The normalized spacial score (nSPS) is 23.3. The fourth-order valence-corrected chi connectivity index (χ4v) is 6.06. The minimum atomic E-state index is -0.689. The number of hydrogen-bond acceptors (Lipinski definition) is 6. The summed E-state index contributed by atoms with van der Waals surface area (Å²) in [5.41, 5.74) is 0.620. The lowest BCUT2D eigenvalue weighted by Gasteiger charge is -2.43. The first-order valence-electron chi connectivity index (χ1n) is 14.5. The molecule has 3 fully saturated rings. The van der Waals surface area contributed by atoms with Crippen LogP contribution < -0.4 is 5.32 Å². The first-order valence-corrected chi connectivity index (χ1v) is 15.3. The highest BCUT2D eigenvalue weighted by atomic mass is 35.5. The van der Waals surface area contributed by atoms with Crippen LogP contribution in [0.2, 0.25) is 10.0 Å². The molecule has 3 unspecified atom stereocenters. The van der Waals surface area contributed by atoms with Crippen LogP contribution in [-0.4, -0.2) is 95.2 Å². The summed E-state index contributed by atoms with van der Waals surface area (Å²) in [6.07, 6.45) is 6.67. The largest absolute Gasteiger partial charge is 0.463 e. The fraction of sp³-hybridized carbons (Fsp3) is 0.690. The number of ether oxygens (including phenoxy) is 1. The number of likely N-dealkylation sites (tertiary alicyclic amines) is 1. The number of piperazine rings is 1. The molecule has 0 bridgehead atoms. The number of anilines is 1. The van der Waals surface area contributed by atoms with E-state index in [2.05, 4.69) is 17.1 Å². The van der Waals surface area contributed by atoms with Gasteiger partial charge in [-0.25, -0.2) is 4.79 Å². The Labute approximate surface area is 247 Å². The van der Waals surface area contributed by atoms with E-state index in [1.54, 1.807) is 30.0 Å². The number of esters is 1. The number of nitrogens with one attached hydrogen (secondary N) is 1. The summed E-state index contributed by atoms with van der Waals surface area (Å²) in [5, 5.41) is 14.1. The lowest BCUT2D eigenvalue weighted by Crippen LogP contribution is -2.61. The molecule has 1 saturated carbocycles.